The van der Waals surface area contributed by atoms with Crippen LogP contribution in [0.1, 0.15) is 38.3 Å². The number of fused-ring (bicyclic) bond motifs is 1. The second kappa shape index (κ2) is 26.3. The molecule has 0 radical (unpaired) electrons. The topological polar surface area (TPSA) is 373 Å². The predicted molar refractivity (Wildman–Crippen MR) is 240 cm³/mol. The fourth-order valence-corrected chi connectivity index (χ4v) is 6.41. The van der Waals surface area contributed by atoms with Crippen molar-refractivity contribution in [3.05, 3.63) is 65.9 Å². The van der Waals surface area contributed by atoms with Crippen molar-refractivity contribution in [1.29, 1.82) is 0 Å². The number of nitrogens with one attached hydrogen (secondary N) is 9. The molecular formula is C42H58N10O13S. The molecular weight excluding hydrogens is 885 g/mol. The van der Waals surface area contributed by atoms with E-state index in [2.05, 4.69) is 60.1 Å². The van der Waals surface area contributed by atoms with Crippen LogP contribution in [-0.4, -0.2) is 153 Å². The van der Waals surface area contributed by atoms with Crippen LogP contribution in [0.25, 0.3) is 10.9 Å². The number of carboxylic acids is 1. The SMILES string of the molecule is CC[C@H](C)[C@H](NC(=O)[C@H](CO)NC(=O)CNC(=O)[C@H](Cc1c[nH]c2ccccc12)NC(=O)CNC(=O)[C@H](CO)NC(=O)[C@H](C)NC(=O)[C@H](Cc1ccc(O)cc1)NC(=O)[C@@H](N)CS)C(=O)O. The van der Waals surface area contributed by atoms with Gasteiger partial charge in [0.15, 0.2) is 0 Å². The number of phenolic OH excluding ortho intramolecular Hbond substituents is 1. The molecule has 0 aliphatic rings. The third kappa shape index (κ3) is 16.3. The fraction of sp³-hybridized carbons (Fsp3) is 0.452. The number of carboxylic acid groups (broad SMARTS) is 1. The highest BCUT2D eigenvalue weighted by Crippen LogP contribution is 2.19. The molecule has 15 N–H and O–H groups in total. The number of phenols is 1. The van der Waals surface area contributed by atoms with Crippen LogP contribution in [0.15, 0.2) is 54.7 Å². The summed E-state index contributed by atoms with van der Waals surface area (Å²) in [5.41, 5.74) is 7.61. The van der Waals surface area contributed by atoms with Crippen LogP contribution in [-0.2, 0) is 56.0 Å². The Kier molecular flexibility index (Phi) is 21.3. The molecule has 0 aliphatic carbocycles. The fourth-order valence-electron chi connectivity index (χ4n) is 6.24. The number of rotatable bonds is 26. The monoisotopic (exact) mass is 942 g/mol. The molecule has 3 aromatic rings. The van der Waals surface area contributed by atoms with Gasteiger partial charge in [0.1, 0.15) is 42.0 Å². The summed E-state index contributed by atoms with van der Waals surface area (Å²) in [6.45, 7) is 1.28. The molecule has 0 saturated heterocycles. The van der Waals surface area contributed by atoms with Crippen LogP contribution in [0.5, 0.6) is 5.75 Å². The van der Waals surface area contributed by atoms with Crippen molar-refractivity contribution in [2.24, 2.45) is 11.7 Å². The minimum absolute atomic E-state index is 0.0259. The molecule has 2 aromatic carbocycles. The second-order valence-corrected chi connectivity index (χ2v) is 15.7. The maximum atomic E-state index is 13.5. The third-order valence-electron chi connectivity index (χ3n) is 10.3. The van der Waals surface area contributed by atoms with Gasteiger partial charge in [0, 0.05) is 35.7 Å². The largest absolute Gasteiger partial charge is 0.508 e. The minimum atomic E-state index is -1.62. The highest BCUT2D eigenvalue weighted by atomic mass is 32.1. The van der Waals surface area contributed by atoms with E-state index in [1.54, 1.807) is 44.3 Å². The number of hydrogen-bond donors (Lipinski definition) is 15. The third-order valence-corrected chi connectivity index (χ3v) is 10.7. The zero-order valence-corrected chi connectivity index (χ0v) is 37.4. The van der Waals surface area contributed by atoms with Gasteiger partial charge in [-0.3, -0.25) is 38.4 Å². The summed E-state index contributed by atoms with van der Waals surface area (Å²) in [7, 11) is 0. The van der Waals surface area contributed by atoms with Crippen molar-refractivity contribution in [3.63, 3.8) is 0 Å². The number of para-hydroxylation sites is 1. The Labute approximate surface area is 384 Å². The van der Waals surface area contributed by atoms with E-state index >= 15 is 0 Å². The maximum Gasteiger partial charge on any atom is 0.326 e. The molecule has 0 unspecified atom stereocenters. The smallest absolute Gasteiger partial charge is 0.326 e. The van der Waals surface area contributed by atoms with Gasteiger partial charge in [-0.2, -0.15) is 12.6 Å². The number of aromatic nitrogens is 1. The Hall–Kier alpha value is -6.76. The zero-order chi connectivity index (χ0) is 49.1. The summed E-state index contributed by atoms with van der Waals surface area (Å²) in [6, 6.07) is 3.46. The van der Waals surface area contributed by atoms with Crippen molar-refractivity contribution in [2.75, 3.05) is 32.1 Å². The summed E-state index contributed by atoms with van der Waals surface area (Å²) in [5.74, 6) is -8.94. The molecule has 0 aliphatic heterocycles. The lowest BCUT2D eigenvalue weighted by Gasteiger charge is -2.24. The quantitative estimate of drug-likeness (QED) is 0.0344. The lowest BCUT2D eigenvalue weighted by atomic mass is 9.99. The number of nitrogens with two attached hydrogens (primary N) is 1. The number of thiol groups is 1. The highest BCUT2D eigenvalue weighted by Gasteiger charge is 2.31. The second-order valence-electron chi connectivity index (χ2n) is 15.3. The lowest BCUT2D eigenvalue weighted by Crippen LogP contribution is -2.58. The van der Waals surface area contributed by atoms with Crippen LogP contribution >= 0.6 is 12.6 Å². The Morgan fingerprint density at radius 1 is 0.667 bits per heavy atom. The minimum Gasteiger partial charge on any atom is -0.508 e. The molecule has 3 rings (SSSR count). The average Bonchev–Trinajstić information content (AvgIpc) is 3.71. The van der Waals surface area contributed by atoms with Crippen LogP contribution in [0.4, 0.5) is 0 Å². The van der Waals surface area contributed by atoms with Gasteiger partial charge in [-0.05, 0) is 42.2 Å². The molecule has 24 heteroatoms. The number of H-pyrrole nitrogens is 1. The molecule has 66 heavy (non-hydrogen) atoms. The molecule has 1 aromatic heterocycles. The Morgan fingerprint density at radius 3 is 1.77 bits per heavy atom. The van der Waals surface area contributed by atoms with E-state index in [0.29, 0.717) is 22.9 Å². The van der Waals surface area contributed by atoms with Crippen molar-refractivity contribution < 1.29 is 63.6 Å². The standard InChI is InChI=1S/C42H58N10O13S/c1-4-21(2)35(42(64)65)52-41(63)32(19-54)49-34(57)17-45-38(60)30(14-24-15-44-28-8-6-5-7-26(24)28)48-33(56)16-46-39(61)31(18-53)51-36(58)22(3)47-40(62)29(50-37(59)27(43)20-66)13-23-9-11-25(55)12-10-23/h5-12,15,21-22,27,29-32,35,44,53-55,66H,4,13-14,16-20,43H2,1-3H3,(H,45,60)(H,46,61)(H,47,62)(H,48,56)(H,49,57)(H,50,59)(H,51,58)(H,52,63)(H,64,65)/t21-,22-,27-,29-,30-,31-,32-,35-/m0/s1. The number of benzene rings is 2. The Bertz CT molecular complexity index is 2190. The number of aromatic hydroxyl groups is 1. The van der Waals surface area contributed by atoms with Gasteiger partial charge < -0.3 is 73.7 Å². The maximum absolute atomic E-state index is 13.5. The normalized spacial score (nSPS) is 14.7. The highest BCUT2D eigenvalue weighted by molar-refractivity contribution is 7.80. The molecule has 0 fully saturated rings. The summed E-state index contributed by atoms with van der Waals surface area (Å²) < 4.78 is 0. The van der Waals surface area contributed by atoms with Crippen molar-refractivity contribution >= 4 is 76.8 Å². The van der Waals surface area contributed by atoms with Crippen molar-refractivity contribution in [3.8, 4) is 5.75 Å². The molecule has 8 atom stereocenters. The molecule has 8 amide bonds. The van der Waals surface area contributed by atoms with Gasteiger partial charge in [-0.25, -0.2) is 4.79 Å². The van der Waals surface area contributed by atoms with E-state index in [1.807, 2.05) is 0 Å². The number of aliphatic hydroxyl groups is 2. The summed E-state index contributed by atoms with van der Waals surface area (Å²) in [4.78, 5) is 119. The molecule has 1 heterocycles. The van der Waals surface area contributed by atoms with Gasteiger partial charge >= 0.3 is 5.97 Å². The molecule has 0 bridgehead atoms. The number of aliphatic carboxylic acids is 1. The van der Waals surface area contributed by atoms with Gasteiger partial charge in [0.25, 0.3) is 0 Å². The molecule has 0 saturated carbocycles. The van der Waals surface area contributed by atoms with Crippen molar-refractivity contribution in [1.82, 2.24) is 47.5 Å². The predicted octanol–water partition coefficient (Wildman–Crippen LogP) is -3.81. The molecule has 23 nitrogen and oxygen atoms in total. The first-order valence-corrected chi connectivity index (χ1v) is 21.4. The molecule has 0 spiro atoms. The van der Waals surface area contributed by atoms with Gasteiger partial charge in [-0.15, -0.1) is 0 Å². The van der Waals surface area contributed by atoms with E-state index in [9.17, 15) is 63.6 Å². The first kappa shape index (κ1) is 53.6. The zero-order valence-electron chi connectivity index (χ0n) is 36.5. The van der Waals surface area contributed by atoms with E-state index in [1.165, 1.54) is 31.2 Å². The number of aliphatic hydroxyl groups excluding tert-OH is 2. The summed E-state index contributed by atoms with van der Waals surface area (Å²) >= 11 is 4.00. The van der Waals surface area contributed by atoms with Gasteiger partial charge in [0.2, 0.25) is 47.3 Å². The van der Waals surface area contributed by atoms with Crippen LogP contribution in [0, 0.1) is 5.92 Å². The summed E-state index contributed by atoms with van der Waals surface area (Å²) in [6.07, 6.45) is 1.85. The first-order chi connectivity index (χ1) is 31.3. The summed E-state index contributed by atoms with van der Waals surface area (Å²) in [5, 5.41) is 58.4. The number of aromatic amines is 1. The Balaban J connectivity index is 1.64. The molecule has 360 valence electrons. The van der Waals surface area contributed by atoms with Crippen LogP contribution < -0.4 is 48.3 Å². The Morgan fingerprint density at radius 2 is 1.20 bits per heavy atom. The van der Waals surface area contributed by atoms with E-state index in [4.69, 9.17) is 5.73 Å². The van der Waals surface area contributed by atoms with E-state index < -0.39 is 128 Å². The number of amides is 8. The number of carbonyl (C=O) groups is 9. The van der Waals surface area contributed by atoms with Gasteiger partial charge in [0.05, 0.1) is 32.3 Å². The number of carbonyl (C=O) groups excluding carboxylic acids is 8. The average molecular weight is 943 g/mol. The van der Waals surface area contributed by atoms with Gasteiger partial charge in [-0.1, -0.05) is 50.6 Å². The number of hydrogen-bond acceptors (Lipinski definition) is 14. The van der Waals surface area contributed by atoms with Crippen molar-refractivity contribution in [2.45, 2.75) is 82.3 Å². The van der Waals surface area contributed by atoms with Crippen LogP contribution in [0.2, 0.25) is 0 Å². The van der Waals surface area contributed by atoms with E-state index in [0.717, 1.165) is 5.52 Å². The van der Waals surface area contributed by atoms with E-state index in [-0.39, 0.29) is 24.3 Å². The first-order valence-electron chi connectivity index (χ1n) is 20.8. The lowest BCUT2D eigenvalue weighted by molar-refractivity contribution is -0.144. The van der Waals surface area contributed by atoms with Crippen LogP contribution in [0.3, 0.4) is 0 Å².